The Bertz CT molecular complexity index is 515. The quantitative estimate of drug-likeness (QED) is 0.831. The van der Waals surface area contributed by atoms with E-state index < -0.39 is 17.3 Å². The van der Waals surface area contributed by atoms with Gasteiger partial charge < -0.3 is 10.4 Å². The molecule has 1 aliphatic rings. The lowest BCUT2D eigenvalue weighted by atomic mass is 10.1. The molecule has 1 fully saturated rings. The average molecular weight is 289 g/mol. The maximum Gasteiger partial charge on any atom is 0.311 e. The Hall–Kier alpha value is -1.33. The molecule has 7 heteroatoms. The molecule has 0 saturated heterocycles. The van der Waals surface area contributed by atoms with Gasteiger partial charge in [-0.25, -0.2) is 4.98 Å². The van der Waals surface area contributed by atoms with E-state index in [-0.39, 0.29) is 22.4 Å². The molecule has 0 atom stereocenters. The number of pyridine rings is 1. The molecule has 1 aromatic rings. The van der Waals surface area contributed by atoms with Crippen molar-refractivity contribution >= 4 is 35.1 Å². The molecular weight excluding hydrogens is 279 g/mol. The molecule has 0 unspecified atom stereocenters. The van der Waals surface area contributed by atoms with Crippen molar-refractivity contribution in [1.82, 2.24) is 10.3 Å². The van der Waals surface area contributed by atoms with Crippen molar-refractivity contribution in [3.8, 4) is 0 Å². The standard InChI is InChI=1S/C11H10Cl2N2O3/c12-6-1-2-7(13)15-8(6)9(16)14-5-11(3-4-11)10(17)18/h1-2H,3-5H2,(H,14,16)(H,17,18). The number of hydrogen-bond acceptors (Lipinski definition) is 3. The lowest BCUT2D eigenvalue weighted by Crippen LogP contribution is -2.34. The normalized spacial score (nSPS) is 16.1. The zero-order chi connectivity index (χ0) is 13.3. The van der Waals surface area contributed by atoms with Crippen molar-refractivity contribution in [3.05, 3.63) is 28.0 Å². The third-order valence-electron chi connectivity index (χ3n) is 2.92. The lowest BCUT2D eigenvalue weighted by Gasteiger charge is -2.11. The topological polar surface area (TPSA) is 79.3 Å². The van der Waals surface area contributed by atoms with Gasteiger partial charge >= 0.3 is 5.97 Å². The van der Waals surface area contributed by atoms with E-state index in [2.05, 4.69) is 10.3 Å². The molecule has 1 saturated carbocycles. The second-order valence-corrected chi connectivity index (χ2v) is 5.03. The largest absolute Gasteiger partial charge is 0.481 e. The van der Waals surface area contributed by atoms with Gasteiger partial charge in [-0.2, -0.15) is 0 Å². The Kier molecular flexibility index (Phi) is 3.45. The van der Waals surface area contributed by atoms with Crippen LogP contribution in [0.2, 0.25) is 10.2 Å². The molecular formula is C11H10Cl2N2O3. The van der Waals surface area contributed by atoms with Crippen molar-refractivity contribution in [3.63, 3.8) is 0 Å². The van der Waals surface area contributed by atoms with Crippen LogP contribution < -0.4 is 5.32 Å². The van der Waals surface area contributed by atoms with Gasteiger partial charge in [0.1, 0.15) is 10.8 Å². The van der Waals surface area contributed by atoms with Crippen LogP contribution in [0.4, 0.5) is 0 Å². The summed E-state index contributed by atoms with van der Waals surface area (Å²) in [6.07, 6.45) is 1.14. The highest BCUT2D eigenvalue weighted by Gasteiger charge is 2.50. The van der Waals surface area contributed by atoms with Crippen LogP contribution in [0.5, 0.6) is 0 Å². The minimum absolute atomic E-state index is 0.00496. The highest BCUT2D eigenvalue weighted by molar-refractivity contribution is 6.34. The molecule has 1 aliphatic carbocycles. The Balaban J connectivity index is 2.04. The molecule has 0 bridgehead atoms. The summed E-state index contributed by atoms with van der Waals surface area (Å²) in [5.41, 5.74) is -0.814. The minimum atomic E-state index is -0.895. The zero-order valence-electron chi connectivity index (χ0n) is 9.24. The Morgan fingerprint density at radius 2 is 2.06 bits per heavy atom. The summed E-state index contributed by atoms with van der Waals surface area (Å²) in [7, 11) is 0. The van der Waals surface area contributed by atoms with E-state index in [1.165, 1.54) is 12.1 Å². The van der Waals surface area contributed by atoms with E-state index in [4.69, 9.17) is 28.3 Å². The molecule has 18 heavy (non-hydrogen) atoms. The van der Waals surface area contributed by atoms with E-state index in [1.54, 1.807) is 0 Å². The molecule has 0 radical (unpaired) electrons. The van der Waals surface area contributed by atoms with E-state index in [0.29, 0.717) is 12.8 Å². The number of hydrogen-bond donors (Lipinski definition) is 2. The first kappa shape index (κ1) is 13.1. The minimum Gasteiger partial charge on any atom is -0.481 e. The SMILES string of the molecule is O=C(NCC1(C(=O)O)CC1)c1nc(Cl)ccc1Cl. The fourth-order valence-corrected chi connectivity index (χ4v) is 1.87. The number of rotatable bonds is 4. The first-order valence-electron chi connectivity index (χ1n) is 5.28. The number of carbonyl (C=O) groups excluding carboxylic acids is 1. The third kappa shape index (κ3) is 2.57. The molecule has 2 N–H and O–H groups in total. The van der Waals surface area contributed by atoms with E-state index in [1.807, 2.05) is 0 Å². The number of carboxylic acid groups (broad SMARTS) is 1. The first-order valence-corrected chi connectivity index (χ1v) is 6.04. The molecule has 5 nitrogen and oxygen atoms in total. The van der Waals surface area contributed by atoms with Gasteiger partial charge in [-0.05, 0) is 25.0 Å². The van der Waals surface area contributed by atoms with Crippen LogP contribution in [0.15, 0.2) is 12.1 Å². The third-order valence-corrected chi connectivity index (χ3v) is 3.44. The van der Waals surface area contributed by atoms with Crippen LogP contribution >= 0.6 is 23.2 Å². The smallest absolute Gasteiger partial charge is 0.311 e. The van der Waals surface area contributed by atoms with Crippen LogP contribution in [0, 0.1) is 5.41 Å². The van der Waals surface area contributed by atoms with Crippen LogP contribution in [-0.4, -0.2) is 28.5 Å². The zero-order valence-corrected chi connectivity index (χ0v) is 10.8. The van der Waals surface area contributed by atoms with Crippen molar-refractivity contribution in [2.75, 3.05) is 6.54 Å². The molecule has 1 heterocycles. The van der Waals surface area contributed by atoms with Gasteiger partial charge in [0.15, 0.2) is 0 Å². The summed E-state index contributed by atoms with van der Waals surface area (Å²) in [5.74, 6) is -1.41. The number of halogens is 2. The Morgan fingerprint density at radius 3 is 2.61 bits per heavy atom. The van der Waals surface area contributed by atoms with Crippen molar-refractivity contribution in [2.45, 2.75) is 12.8 Å². The predicted octanol–water partition coefficient (Wildman–Crippen LogP) is 1.98. The highest BCUT2D eigenvalue weighted by atomic mass is 35.5. The second-order valence-electron chi connectivity index (χ2n) is 4.23. The monoisotopic (exact) mass is 288 g/mol. The van der Waals surface area contributed by atoms with Gasteiger partial charge in [0.05, 0.1) is 10.4 Å². The highest BCUT2D eigenvalue weighted by Crippen LogP contribution is 2.45. The van der Waals surface area contributed by atoms with Crippen LogP contribution in [0.3, 0.4) is 0 Å². The van der Waals surface area contributed by atoms with Crippen LogP contribution in [0.25, 0.3) is 0 Å². The fraction of sp³-hybridized carbons (Fsp3) is 0.364. The number of carbonyl (C=O) groups is 2. The van der Waals surface area contributed by atoms with Crippen molar-refractivity contribution in [1.29, 1.82) is 0 Å². The van der Waals surface area contributed by atoms with E-state index >= 15 is 0 Å². The molecule has 2 rings (SSSR count). The molecule has 0 spiro atoms. The van der Waals surface area contributed by atoms with Crippen LogP contribution in [0.1, 0.15) is 23.3 Å². The number of amides is 1. The maximum absolute atomic E-state index is 11.8. The van der Waals surface area contributed by atoms with E-state index in [9.17, 15) is 9.59 Å². The summed E-state index contributed by atoms with van der Waals surface area (Å²) in [6.45, 7) is 0.0751. The number of nitrogens with one attached hydrogen (secondary N) is 1. The summed E-state index contributed by atoms with van der Waals surface area (Å²) in [6, 6.07) is 2.94. The van der Waals surface area contributed by atoms with E-state index in [0.717, 1.165) is 0 Å². The predicted molar refractivity (Wildman–Crippen MR) is 65.9 cm³/mol. The summed E-state index contributed by atoms with van der Waals surface area (Å²) in [4.78, 5) is 26.6. The molecule has 0 aromatic carbocycles. The van der Waals surface area contributed by atoms with Crippen molar-refractivity contribution < 1.29 is 14.7 Å². The lowest BCUT2D eigenvalue weighted by molar-refractivity contribution is -0.143. The Labute approximate surface area is 113 Å². The summed E-state index contributed by atoms with van der Waals surface area (Å²) in [5, 5.41) is 11.8. The van der Waals surface area contributed by atoms with Gasteiger partial charge in [-0.15, -0.1) is 0 Å². The maximum atomic E-state index is 11.8. The molecule has 96 valence electrons. The van der Waals surface area contributed by atoms with Gasteiger partial charge in [-0.3, -0.25) is 9.59 Å². The number of nitrogens with zero attached hydrogens (tertiary/aromatic N) is 1. The average Bonchev–Trinajstić information content (AvgIpc) is 3.10. The number of aliphatic carboxylic acids is 1. The molecule has 0 aliphatic heterocycles. The van der Waals surface area contributed by atoms with Gasteiger partial charge in [0.25, 0.3) is 5.91 Å². The summed E-state index contributed by atoms with van der Waals surface area (Å²) < 4.78 is 0. The van der Waals surface area contributed by atoms with Gasteiger partial charge in [0.2, 0.25) is 0 Å². The van der Waals surface area contributed by atoms with Gasteiger partial charge in [0, 0.05) is 6.54 Å². The molecule has 1 amide bonds. The second kappa shape index (κ2) is 4.74. The molecule has 1 aromatic heterocycles. The fourth-order valence-electron chi connectivity index (χ4n) is 1.53. The van der Waals surface area contributed by atoms with Crippen molar-refractivity contribution in [2.24, 2.45) is 5.41 Å². The first-order chi connectivity index (χ1) is 8.44. The van der Waals surface area contributed by atoms with Gasteiger partial charge in [-0.1, -0.05) is 23.2 Å². The number of aromatic nitrogens is 1. The number of carboxylic acids is 1. The Morgan fingerprint density at radius 1 is 1.39 bits per heavy atom. The summed E-state index contributed by atoms with van der Waals surface area (Å²) >= 11 is 11.5. The van der Waals surface area contributed by atoms with Crippen LogP contribution in [-0.2, 0) is 4.79 Å².